The third kappa shape index (κ3) is 7.99. The Hall–Kier alpha value is -0.350. The van der Waals surface area contributed by atoms with Crippen LogP contribution in [-0.2, 0) is 14.3 Å². The topological polar surface area (TPSA) is 43.4 Å². The van der Waals surface area contributed by atoms with Crippen LogP contribution < -0.4 is 0 Å². The van der Waals surface area contributed by atoms with Crippen LogP contribution in [0.3, 0.4) is 0 Å². The first-order valence-corrected chi connectivity index (χ1v) is 5.88. The van der Waals surface area contributed by atoms with Gasteiger partial charge in [0.25, 0.3) is 10.1 Å². The van der Waals surface area contributed by atoms with E-state index in [1.54, 1.807) is 6.08 Å². The molecule has 0 aliphatic carbocycles. The third-order valence-corrected chi connectivity index (χ3v) is 2.15. The van der Waals surface area contributed by atoms with Gasteiger partial charge >= 0.3 is 0 Å². The highest BCUT2D eigenvalue weighted by atomic mass is 32.2. The van der Waals surface area contributed by atoms with Crippen molar-refractivity contribution >= 4 is 10.1 Å². The summed E-state index contributed by atoms with van der Waals surface area (Å²) in [6, 6.07) is 0. The summed E-state index contributed by atoms with van der Waals surface area (Å²) >= 11 is 0. The Morgan fingerprint density at radius 1 is 1.23 bits per heavy atom. The van der Waals surface area contributed by atoms with Crippen LogP contribution in [-0.4, -0.2) is 15.0 Å². The van der Waals surface area contributed by atoms with Crippen LogP contribution in [0.1, 0.15) is 27.7 Å². The van der Waals surface area contributed by atoms with Gasteiger partial charge in [0.05, 0.1) is 12.0 Å². The molecule has 13 heavy (non-hydrogen) atoms. The largest absolute Gasteiger partial charge is 0.289 e. The fourth-order valence-corrected chi connectivity index (χ4v) is 1.57. The van der Waals surface area contributed by atoms with Gasteiger partial charge in [0.2, 0.25) is 0 Å². The van der Waals surface area contributed by atoms with Gasteiger partial charge in [-0.05, 0) is 11.8 Å². The van der Waals surface area contributed by atoms with Gasteiger partial charge in [-0.25, -0.2) is 0 Å². The molecule has 0 aromatic heterocycles. The summed E-state index contributed by atoms with van der Waals surface area (Å²) in [5.41, 5.74) is 0. The minimum atomic E-state index is -3.45. The molecule has 4 heteroatoms. The van der Waals surface area contributed by atoms with Gasteiger partial charge in [0.15, 0.2) is 0 Å². The average molecular weight is 206 g/mol. The molecule has 78 valence electrons. The molecule has 0 aromatic rings. The lowest BCUT2D eigenvalue weighted by Gasteiger charge is -2.04. The summed E-state index contributed by atoms with van der Waals surface area (Å²) in [5.74, 6) is 0.444. The maximum absolute atomic E-state index is 11.1. The highest BCUT2D eigenvalue weighted by Gasteiger charge is 2.07. The Kier molecular flexibility index (Phi) is 5.25. The molecule has 0 bridgehead atoms. The normalized spacial score (nSPS) is 13.4. The second-order valence-electron chi connectivity index (χ2n) is 3.74. The molecule has 0 saturated carbocycles. The number of hydrogen-bond donors (Lipinski definition) is 0. The number of rotatable bonds is 5. The van der Waals surface area contributed by atoms with Crippen LogP contribution in [0.2, 0.25) is 0 Å². The van der Waals surface area contributed by atoms with Gasteiger partial charge in [-0.1, -0.05) is 33.8 Å². The zero-order valence-electron chi connectivity index (χ0n) is 8.65. The van der Waals surface area contributed by atoms with Crippen molar-refractivity contribution in [3.8, 4) is 0 Å². The molecule has 0 rings (SSSR count). The monoisotopic (exact) mass is 206 g/mol. The number of hydrogen-bond acceptors (Lipinski definition) is 3. The van der Waals surface area contributed by atoms with E-state index < -0.39 is 10.1 Å². The summed E-state index contributed by atoms with van der Waals surface area (Å²) in [7, 11) is -3.45. The van der Waals surface area contributed by atoms with Crippen LogP contribution in [0.25, 0.3) is 0 Å². The first kappa shape index (κ1) is 12.7. The second kappa shape index (κ2) is 5.40. The van der Waals surface area contributed by atoms with Crippen molar-refractivity contribution in [1.82, 2.24) is 0 Å². The Bertz CT molecular complexity index is 250. The minimum absolute atomic E-state index is 0.220. The van der Waals surface area contributed by atoms with Crippen molar-refractivity contribution in [2.24, 2.45) is 11.8 Å². The van der Waals surface area contributed by atoms with E-state index in [1.807, 2.05) is 27.7 Å². The van der Waals surface area contributed by atoms with Crippen LogP contribution in [0.4, 0.5) is 0 Å². The fourth-order valence-electron chi connectivity index (χ4n) is 0.524. The Balaban J connectivity index is 4.10. The molecule has 0 amide bonds. The number of allylic oxidation sites excluding steroid dienone is 1. The zero-order valence-corrected chi connectivity index (χ0v) is 9.47. The van der Waals surface area contributed by atoms with E-state index in [4.69, 9.17) is 4.18 Å². The summed E-state index contributed by atoms with van der Waals surface area (Å²) in [5, 5.41) is 1.13. The lowest BCUT2D eigenvalue weighted by molar-refractivity contribution is 0.279. The van der Waals surface area contributed by atoms with E-state index in [0.29, 0.717) is 0 Å². The standard InChI is InChI=1S/C9H18O3S/c1-8(2)5-6-13(10,11)12-7-9(3)4/h5-6,8-9H,7H2,1-4H3/b6-5+. The summed E-state index contributed by atoms with van der Waals surface area (Å²) in [6.07, 6.45) is 1.61. The van der Waals surface area contributed by atoms with Crippen LogP contribution in [0.5, 0.6) is 0 Å². The molecule has 0 aliphatic heterocycles. The smallest absolute Gasteiger partial charge is 0.267 e. The molecule has 0 atom stereocenters. The lowest BCUT2D eigenvalue weighted by atomic mass is 10.2. The highest BCUT2D eigenvalue weighted by molar-refractivity contribution is 7.89. The van der Waals surface area contributed by atoms with Crippen molar-refractivity contribution in [2.45, 2.75) is 27.7 Å². The Labute approximate surface area is 80.9 Å². The molecule has 0 aromatic carbocycles. The van der Waals surface area contributed by atoms with Gasteiger partial charge < -0.3 is 0 Å². The van der Waals surface area contributed by atoms with E-state index in [9.17, 15) is 8.42 Å². The quantitative estimate of drug-likeness (QED) is 0.647. The van der Waals surface area contributed by atoms with E-state index in [1.165, 1.54) is 0 Å². The van der Waals surface area contributed by atoms with Crippen molar-refractivity contribution in [2.75, 3.05) is 6.61 Å². The predicted molar refractivity (Wildman–Crippen MR) is 53.7 cm³/mol. The van der Waals surface area contributed by atoms with Crippen molar-refractivity contribution in [3.63, 3.8) is 0 Å². The minimum Gasteiger partial charge on any atom is -0.267 e. The first-order valence-electron chi connectivity index (χ1n) is 4.41. The predicted octanol–water partition coefficient (Wildman–Crippen LogP) is 2.16. The molecule has 0 heterocycles. The van der Waals surface area contributed by atoms with Crippen LogP contribution in [0.15, 0.2) is 11.5 Å². The molecule has 0 radical (unpaired) electrons. The van der Waals surface area contributed by atoms with Gasteiger partial charge in [-0.15, -0.1) is 0 Å². The highest BCUT2D eigenvalue weighted by Crippen LogP contribution is 2.03. The molecule has 0 unspecified atom stereocenters. The lowest BCUT2D eigenvalue weighted by Crippen LogP contribution is -2.08. The molecule has 0 aliphatic rings. The van der Waals surface area contributed by atoms with E-state index in [0.717, 1.165) is 5.41 Å². The van der Waals surface area contributed by atoms with Crippen molar-refractivity contribution in [3.05, 3.63) is 11.5 Å². The second-order valence-corrected chi connectivity index (χ2v) is 5.24. The van der Waals surface area contributed by atoms with Crippen molar-refractivity contribution < 1.29 is 12.6 Å². The van der Waals surface area contributed by atoms with Gasteiger partial charge in [0.1, 0.15) is 0 Å². The van der Waals surface area contributed by atoms with Gasteiger partial charge in [-0.3, -0.25) is 4.18 Å². The maximum Gasteiger partial charge on any atom is 0.289 e. The van der Waals surface area contributed by atoms with Gasteiger partial charge in [0, 0.05) is 0 Å². The summed E-state index contributed by atoms with van der Waals surface area (Å²) in [6.45, 7) is 7.87. The fraction of sp³-hybridized carbons (Fsp3) is 0.778. The summed E-state index contributed by atoms with van der Waals surface area (Å²) in [4.78, 5) is 0. The van der Waals surface area contributed by atoms with E-state index in [-0.39, 0.29) is 18.4 Å². The Morgan fingerprint density at radius 2 is 1.77 bits per heavy atom. The molecular formula is C9H18O3S. The van der Waals surface area contributed by atoms with Gasteiger partial charge in [-0.2, -0.15) is 8.42 Å². The molecule has 0 fully saturated rings. The van der Waals surface area contributed by atoms with E-state index >= 15 is 0 Å². The zero-order chi connectivity index (χ0) is 10.5. The SMILES string of the molecule is CC(C)/C=C/S(=O)(=O)OCC(C)C. The van der Waals surface area contributed by atoms with Crippen LogP contribution >= 0.6 is 0 Å². The summed E-state index contributed by atoms with van der Waals surface area (Å²) < 4.78 is 27.0. The third-order valence-electron chi connectivity index (χ3n) is 1.20. The first-order chi connectivity index (χ1) is 5.83. The van der Waals surface area contributed by atoms with E-state index in [2.05, 4.69) is 0 Å². The van der Waals surface area contributed by atoms with Crippen LogP contribution in [0, 0.1) is 11.8 Å². The molecule has 0 saturated heterocycles. The Morgan fingerprint density at radius 3 is 2.15 bits per heavy atom. The molecule has 0 spiro atoms. The molecule has 3 nitrogen and oxygen atoms in total. The average Bonchev–Trinajstić information content (AvgIpc) is 1.98. The molecular weight excluding hydrogens is 188 g/mol. The van der Waals surface area contributed by atoms with Crippen molar-refractivity contribution in [1.29, 1.82) is 0 Å². The molecule has 0 N–H and O–H groups in total. The maximum atomic E-state index is 11.1.